The summed E-state index contributed by atoms with van der Waals surface area (Å²) in [5.74, 6) is 0. The van der Waals surface area contributed by atoms with Gasteiger partial charge in [0.05, 0.1) is 0 Å². The molecule has 0 radical (unpaired) electrons. The molecular formula is C6H13Cl2F3N2. The highest BCUT2D eigenvalue weighted by molar-refractivity contribution is 5.85. The van der Waals surface area contributed by atoms with E-state index in [1.807, 2.05) is 0 Å². The van der Waals surface area contributed by atoms with Crippen molar-refractivity contribution in [3.05, 3.63) is 0 Å². The summed E-state index contributed by atoms with van der Waals surface area (Å²) < 4.78 is 36.3. The number of nitrogens with one attached hydrogen (secondary N) is 2. The number of hydrogen-bond acceptors (Lipinski definition) is 2. The molecule has 1 fully saturated rings. The zero-order valence-electron chi connectivity index (χ0n) is 7.02. The van der Waals surface area contributed by atoms with Gasteiger partial charge < -0.3 is 10.6 Å². The van der Waals surface area contributed by atoms with E-state index in [1.54, 1.807) is 0 Å². The zero-order valence-corrected chi connectivity index (χ0v) is 8.65. The topological polar surface area (TPSA) is 24.1 Å². The third-order valence-electron chi connectivity index (χ3n) is 1.81. The number of halogens is 5. The van der Waals surface area contributed by atoms with Crippen molar-refractivity contribution in [3.8, 4) is 0 Å². The van der Waals surface area contributed by atoms with Gasteiger partial charge in [-0.15, -0.1) is 24.8 Å². The van der Waals surface area contributed by atoms with Crippen LogP contribution in [0.25, 0.3) is 0 Å². The predicted molar refractivity (Wildman–Crippen MR) is 49.8 cm³/mol. The Kier molecular flexibility index (Phi) is 7.15. The second-order valence-corrected chi connectivity index (χ2v) is 2.72. The Morgan fingerprint density at radius 1 is 1.08 bits per heavy atom. The molecule has 0 unspecified atom stereocenters. The second-order valence-electron chi connectivity index (χ2n) is 2.72. The van der Waals surface area contributed by atoms with Crippen LogP contribution in [0.2, 0.25) is 0 Å². The number of hydrogen-bond donors (Lipinski definition) is 2. The Bertz CT molecular complexity index is 142. The first-order valence-corrected chi connectivity index (χ1v) is 3.55. The monoisotopic (exact) mass is 240 g/mol. The van der Waals surface area contributed by atoms with Gasteiger partial charge in [-0.3, -0.25) is 0 Å². The van der Waals surface area contributed by atoms with Crippen molar-refractivity contribution in [2.45, 2.75) is 25.2 Å². The Morgan fingerprint density at radius 2 is 1.54 bits per heavy atom. The van der Waals surface area contributed by atoms with Gasteiger partial charge in [0, 0.05) is 19.1 Å². The summed E-state index contributed by atoms with van der Waals surface area (Å²) >= 11 is 0. The minimum atomic E-state index is -4.13. The smallest absolute Gasteiger partial charge is 0.311 e. The molecule has 0 aromatic rings. The van der Waals surface area contributed by atoms with Crippen molar-refractivity contribution in [3.63, 3.8) is 0 Å². The molecule has 1 heterocycles. The molecular weight excluding hydrogens is 228 g/mol. The van der Waals surface area contributed by atoms with E-state index in [0.29, 0.717) is 13.1 Å². The van der Waals surface area contributed by atoms with Crippen molar-refractivity contribution in [2.75, 3.05) is 13.1 Å². The average Bonchev–Trinajstić information content (AvgIpc) is 1.86. The maximum Gasteiger partial charge on any atom is 0.405 e. The van der Waals surface area contributed by atoms with E-state index in [2.05, 4.69) is 10.6 Å². The summed E-state index contributed by atoms with van der Waals surface area (Å²) in [5.41, 5.74) is 0. The van der Waals surface area contributed by atoms with Crippen LogP contribution >= 0.6 is 24.8 Å². The molecule has 82 valence electrons. The van der Waals surface area contributed by atoms with Crippen molar-refractivity contribution in [1.29, 1.82) is 0 Å². The van der Waals surface area contributed by atoms with Crippen LogP contribution in [0.3, 0.4) is 0 Å². The van der Waals surface area contributed by atoms with Crippen LogP contribution < -0.4 is 10.6 Å². The molecule has 7 heteroatoms. The van der Waals surface area contributed by atoms with E-state index in [-0.39, 0.29) is 24.8 Å². The lowest BCUT2D eigenvalue weighted by molar-refractivity contribution is -0.164. The van der Waals surface area contributed by atoms with Gasteiger partial charge in [0.25, 0.3) is 0 Å². The molecule has 2 N–H and O–H groups in total. The lowest BCUT2D eigenvalue weighted by Gasteiger charge is -2.32. The fourth-order valence-electron chi connectivity index (χ4n) is 1.22. The van der Waals surface area contributed by atoms with Crippen LogP contribution in [0.1, 0.15) is 6.92 Å². The van der Waals surface area contributed by atoms with Crippen molar-refractivity contribution in [1.82, 2.24) is 10.6 Å². The highest BCUT2D eigenvalue weighted by atomic mass is 35.5. The molecule has 1 aliphatic heterocycles. The summed E-state index contributed by atoms with van der Waals surface area (Å²) in [6, 6.07) is -1.92. The quantitative estimate of drug-likeness (QED) is 0.668. The van der Waals surface area contributed by atoms with Crippen molar-refractivity contribution in [2.24, 2.45) is 0 Å². The normalized spacial score (nSPS) is 28.6. The minimum Gasteiger partial charge on any atom is -0.311 e. The summed E-state index contributed by atoms with van der Waals surface area (Å²) in [6.07, 6.45) is -4.13. The molecule has 0 aromatic carbocycles. The third-order valence-corrected chi connectivity index (χ3v) is 1.81. The maximum atomic E-state index is 12.1. The molecule has 0 aromatic heterocycles. The lowest BCUT2D eigenvalue weighted by Crippen LogP contribution is -2.60. The van der Waals surface area contributed by atoms with Gasteiger partial charge in [0.2, 0.25) is 0 Å². The fraction of sp³-hybridized carbons (Fsp3) is 1.00. The van der Waals surface area contributed by atoms with Gasteiger partial charge in [0.1, 0.15) is 6.04 Å². The molecule has 0 aliphatic carbocycles. The van der Waals surface area contributed by atoms with Gasteiger partial charge in [-0.2, -0.15) is 13.2 Å². The van der Waals surface area contributed by atoms with E-state index in [0.717, 1.165) is 0 Å². The minimum absolute atomic E-state index is 0. The van der Waals surface area contributed by atoms with Gasteiger partial charge in [-0.25, -0.2) is 0 Å². The first-order chi connectivity index (χ1) is 5.02. The van der Waals surface area contributed by atoms with Gasteiger partial charge in [-0.05, 0) is 6.92 Å². The number of piperazine rings is 1. The predicted octanol–water partition coefficient (Wildman–Crippen LogP) is 1.34. The third kappa shape index (κ3) is 4.35. The molecule has 2 atom stereocenters. The highest BCUT2D eigenvalue weighted by Gasteiger charge is 2.43. The molecule has 2 nitrogen and oxygen atoms in total. The van der Waals surface area contributed by atoms with Gasteiger partial charge in [-0.1, -0.05) is 0 Å². The van der Waals surface area contributed by atoms with E-state index in [1.165, 1.54) is 6.92 Å². The molecule has 13 heavy (non-hydrogen) atoms. The van der Waals surface area contributed by atoms with Crippen LogP contribution in [-0.2, 0) is 0 Å². The molecule has 1 aliphatic rings. The first-order valence-electron chi connectivity index (χ1n) is 3.55. The second kappa shape index (κ2) is 5.90. The zero-order chi connectivity index (χ0) is 8.48. The van der Waals surface area contributed by atoms with Crippen LogP contribution in [0.4, 0.5) is 13.2 Å². The molecule has 1 rings (SSSR count). The summed E-state index contributed by atoms with van der Waals surface area (Å²) in [4.78, 5) is 0. The Hall–Kier alpha value is 0.290. The molecule has 0 saturated carbocycles. The fourth-order valence-corrected chi connectivity index (χ4v) is 1.22. The Morgan fingerprint density at radius 3 is 1.85 bits per heavy atom. The maximum absolute atomic E-state index is 12.1. The van der Waals surface area contributed by atoms with Crippen LogP contribution in [0, 0.1) is 0 Å². The lowest BCUT2D eigenvalue weighted by atomic mass is 10.1. The van der Waals surface area contributed by atoms with E-state index >= 15 is 0 Å². The van der Waals surface area contributed by atoms with Crippen molar-refractivity contribution >= 4 is 24.8 Å². The SMILES string of the molecule is C[C@H]1NCCN[C@H]1C(F)(F)F.Cl.Cl. The average molecular weight is 241 g/mol. The first kappa shape index (κ1) is 15.7. The van der Waals surface area contributed by atoms with Gasteiger partial charge in [0.15, 0.2) is 0 Å². The standard InChI is InChI=1S/C6H11F3N2.2ClH/c1-4-5(6(7,8)9)11-3-2-10-4;;/h4-5,10-11H,2-3H2,1H3;2*1H/t4-,5-;;/m1../s1. The highest BCUT2D eigenvalue weighted by Crippen LogP contribution is 2.23. The molecule has 0 spiro atoms. The summed E-state index contributed by atoms with van der Waals surface area (Å²) in [7, 11) is 0. The van der Waals surface area contributed by atoms with Crippen LogP contribution in [0.15, 0.2) is 0 Å². The Labute approximate surface area is 87.5 Å². The van der Waals surface area contributed by atoms with E-state index in [4.69, 9.17) is 0 Å². The van der Waals surface area contributed by atoms with E-state index in [9.17, 15) is 13.2 Å². The molecule has 0 amide bonds. The largest absolute Gasteiger partial charge is 0.405 e. The Balaban J connectivity index is 0. The summed E-state index contributed by atoms with van der Waals surface area (Å²) in [6.45, 7) is 2.52. The number of rotatable bonds is 0. The van der Waals surface area contributed by atoms with Crippen molar-refractivity contribution < 1.29 is 13.2 Å². The van der Waals surface area contributed by atoms with Crippen LogP contribution in [-0.4, -0.2) is 31.3 Å². The van der Waals surface area contributed by atoms with E-state index < -0.39 is 18.3 Å². The molecule has 1 saturated heterocycles. The van der Waals surface area contributed by atoms with Gasteiger partial charge >= 0.3 is 6.18 Å². The summed E-state index contributed by atoms with van der Waals surface area (Å²) in [5, 5.41) is 5.18. The molecule has 0 bridgehead atoms. The number of alkyl halides is 3. The van der Waals surface area contributed by atoms with Crippen LogP contribution in [0.5, 0.6) is 0 Å².